The van der Waals surface area contributed by atoms with E-state index >= 15 is 0 Å². The van der Waals surface area contributed by atoms with Gasteiger partial charge in [0.2, 0.25) is 0 Å². The quantitative estimate of drug-likeness (QED) is 0.721. The summed E-state index contributed by atoms with van der Waals surface area (Å²) in [5.74, 6) is 0. The molecule has 0 N–H and O–H groups in total. The zero-order valence-corrected chi connectivity index (χ0v) is 12.8. The van der Waals surface area contributed by atoms with Gasteiger partial charge in [0, 0.05) is 30.6 Å². The van der Waals surface area contributed by atoms with E-state index in [0.29, 0.717) is 11.0 Å². The van der Waals surface area contributed by atoms with Crippen molar-refractivity contribution in [2.45, 2.75) is 45.6 Å². The van der Waals surface area contributed by atoms with Crippen LogP contribution in [0.2, 0.25) is 0 Å². The fraction of sp³-hybridized carbons (Fsp3) is 1.00. The molecule has 2 nitrogen and oxygen atoms in total. The van der Waals surface area contributed by atoms with Gasteiger partial charge in [-0.1, -0.05) is 22.9 Å². The van der Waals surface area contributed by atoms with E-state index in [1.807, 2.05) is 0 Å². The van der Waals surface area contributed by atoms with Gasteiger partial charge < -0.3 is 9.64 Å². The first-order chi connectivity index (χ1) is 7.46. The third kappa shape index (κ3) is 3.44. The molecule has 0 aromatic rings. The predicted molar refractivity (Wildman–Crippen MR) is 73.3 cm³/mol. The Morgan fingerprint density at radius 1 is 1.31 bits per heavy atom. The summed E-state index contributed by atoms with van der Waals surface area (Å²) >= 11 is 3.70. The molecule has 0 aromatic heterocycles. The Kier molecular flexibility index (Phi) is 5.27. The van der Waals surface area contributed by atoms with Gasteiger partial charge in [-0.3, -0.25) is 0 Å². The van der Waals surface area contributed by atoms with E-state index in [1.165, 1.54) is 25.8 Å². The smallest absolute Gasteiger partial charge is 0.0472 e. The summed E-state index contributed by atoms with van der Waals surface area (Å²) < 4.78 is 5.48. The highest BCUT2D eigenvalue weighted by atomic mass is 79.9. The number of hydrogen-bond acceptors (Lipinski definition) is 2. The molecule has 0 spiro atoms. The number of alkyl halides is 1. The lowest BCUT2D eigenvalue weighted by atomic mass is 9.80. The molecule has 1 heterocycles. The zero-order chi connectivity index (χ0) is 12.2. The van der Waals surface area contributed by atoms with Crippen molar-refractivity contribution in [3.05, 3.63) is 0 Å². The number of hydrogen-bond donors (Lipinski definition) is 0. The van der Waals surface area contributed by atoms with E-state index in [-0.39, 0.29) is 0 Å². The molecule has 1 rings (SSSR count). The minimum atomic E-state index is 0.299. The molecular weight excluding hydrogens is 266 g/mol. The van der Waals surface area contributed by atoms with Crippen LogP contribution in [0.15, 0.2) is 0 Å². The summed E-state index contributed by atoms with van der Waals surface area (Å²) in [6.45, 7) is 9.93. The van der Waals surface area contributed by atoms with Crippen molar-refractivity contribution >= 4 is 15.9 Å². The Labute approximate surface area is 109 Å². The van der Waals surface area contributed by atoms with Crippen molar-refractivity contribution in [3.8, 4) is 0 Å². The molecule has 1 saturated heterocycles. The third-order valence-corrected chi connectivity index (χ3v) is 5.50. The van der Waals surface area contributed by atoms with Gasteiger partial charge in [0.05, 0.1) is 0 Å². The van der Waals surface area contributed by atoms with Crippen LogP contribution in [0.1, 0.15) is 40.0 Å². The van der Waals surface area contributed by atoms with Crippen LogP contribution in [0.4, 0.5) is 0 Å². The van der Waals surface area contributed by atoms with Gasteiger partial charge in [0.1, 0.15) is 0 Å². The molecule has 1 aliphatic heterocycles. The van der Waals surface area contributed by atoms with E-state index in [9.17, 15) is 0 Å². The monoisotopic (exact) mass is 291 g/mol. The summed E-state index contributed by atoms with van der Waals surface area (Å²) in [7, 11) is 2.25. The van der Waals surface area contributed by atoms with Gasteiger partial charge in [0.15, 0.2) is 0 Å². The summed E-state index contributed by atoms with van der Waals surface area (Å²) in [5.41, 5.74) is 0.715. The van der Waals surface area contributed by atoms with Crippen LogP contribution >= 0.6 is 15.9 Å². The van der Waals surface area contributed by atoms with Crippen molar-refractivity contribution in [1.82, 2.24) is 4.90 Å². The number of ether oxygens (including phenoxy) is 1. The zero-order valence-electron chi connectivity index (χ0n) is 11.2. The lowest BCUT2D eigenvalue weighted by Gasteiger charge is -2.44. The predicted octanol–water partition coefficient (Wildman–Crippen LogP) is 3.30. The molecule has 1 aliphatic rings. The summed E-state index contributed by atoms with van der Waals surface area (Å²) in [6.07, 6.45) is 3.56. The van der Waals surface area contributed by atoms with Crippen LogP contribution < -0.4 is 0 Å². The number of rotatable bonds is 5. The van der Waals surface area contributed by atoms with E-state index in [2.05, 4.69) is 48.6 Å². The first-order valence-corrected chi connectivity index (χ1v) is 7.43. The summed E-state index contributed by atoms with van der Waals surface area (Å²) in [6, 6.07) is 0. The Morgan fingerprint density at radius 2 is 1.88 bits per heavy atom. The fourth-order valence-corrected chi connectivity index (χ4v) is 2.86. The molecule has 0 amide bonds. The van der Waals surface area contributed by atoms with Crippen LogP contribution in [0.25, 0.3) is 0 Å². The van der Waals surface area contributed by atoms with Crippen LogP contribution in [-0.2, 0) is 4.74 Å². The Bertz CT molecular complexity index is 212. The molecular formula is C13H26BrNO. The van der Waals surface area contributed by atoms with Crippen molar-refractivity contribution in [2.75, 3.05) is 32.1 Å². The second-order valence-electron chi connectivity index (χ2n) is 5.77. The van der Waals surface area contributed by atoms with Gasteiger partial charge in [-0.05, 0) is 45.6 Å². The molecule has 16 heavy (non-hydrogen) atoms. The standard InChI is InChI=1S/C13H26BrNO/c1-5-12(2,3)15(4)11-13(10-14)6-8-16-9-7-13/h5-11H2,1-4H3. The molecule has 96 valence electrons. The van der Waals surface area contributed by atoms with Gasteiger partial charge >= 0.3 is 0 Å². The van der Waals surface area contributed by atoms with E-state index in [0.717, 1.165) is 18.5 Å². The average Bonchev–Trinajstić information content (AvgIpc) is 2.30. The van der Waals surface area contributed by atoms with E-state index in [4.69, 9.17) is 4.74 Å². The maximum Gasteiger partial charge on any atom is 0.0472 e. The lowest BCUT2D eigenvalue weighted by molar-refractivity contribution is -0.00494. The molecule has 0 unspecified atom stereocenters. The molecule has 0 radical (unpaired) electrons. The van der Waals surface area contributed by atoms with Gasteiger partial charge in [0.25, 0.3) is 0 Å². The van der Waals surface area contributed by atoms with Crippen LogP contribution in [0.5, 0.6) is 0 Å². The highest BCUT2D eigenvalue weighted by Gasteiger charge is 2.35. The van der Waals surface area contributed by atoms with Crippen molar-refractivity contribution < 1.29 is 4.74 Å². The Balaban J connectivity index is 2.62. The average molecular weight is 292 g/mol. The first kappa shape index (κ1) is 14.5. The highest BCUT2D eigenvalue weighted by Crippen LogP contribution is 2.35. The summed E-state index contributed by atoms with van der Waals surface area (Å²) in [4.78, 5) is 2.51. The molecule has 0 aliphatic carbocycles. The lowest BCUT2D eigenvalue weighted by Crippen LogP contribution is -2.49. The van der Waals surface area contributed by atoms with Crippen LogP contribution in [0, 0.1) is 5.41 Å². The largest absolute Gasteiger partial charge is 0.381 e. The van der Waals surface area contributed by atoms with Crippen molar-refractivity contribution in [3.63, 3.8) is 0 Å². The molecule has 0 aromatic carbocycles. The number of nitrogens with zero attached hydrogens (tertiary/aromatic N) is 1. The van der Waals surface area contributed by atoms with Crippen molar-refractivity contribution in [2.24, 2.45) is 5.41 Å². The summed E-state index contributed by atoms with van der Waals surface area (Å²) in [5, 5.41) is 1.09. The first-order valence-electron chi connectivity index (χ1n) is 6.31. The Morgan fingerprint density at radius 3 is 2.31 bits per heavy atom. The van der Waals surface area contributed by atoms with Gasteiger partial charge in [-0.25, -0.2) is 0 Å². The second kappa shape index (κ2) is 5.83. The molecule has 0 atom stereocenters. The topological polar surface area (TPSA) is 12.5 Å². The van der Waals surface area contributed by atoms with Crippen molar-refractivity contribution in [1.29, 1.82) is 0 Å². The van der Waals surface area contributed by atoms with E-state index in [1.54, 1.807) is 0 Å². The second-order valence-corrected chi connectivity index (χ2v) is 6.33. The van der Waals surface area contributed by atoms with Crippen LogP contribution in [0.3, 0.4) is 0 Å². The van der Waals surface area contributed by atoms with Crippen LogP contribution in [-0.4, -0.2) is 42.6 Å². The molecule has 3 heteroatoms. The Hall–Kier alpha value is 0.400. The third-order valence-electron chi connectivity index (χ3n) is 4.31. The van der Waals surface area contributed by atoms with E-state index < -0.39 is 0 Å². The SMILES string of the molecule is CCC(C)(C)N(C)CC1(CBr)CCOCC1. The molecule has 1 fully saturated rings. The number of halogens is 1. The van der Waals surface area contributed by atoms with Gasteiger partial charge in [-0.15, -0.1) is 0 Å². The minimum absolute atomic E-state index is 0.299. The fourth-order valence-electron chi connectivity index (χ4n) is 2.13. The molecule has 0 bridgehead atoms. The molecule has 0 saturated carbocycles. The normalized spacial score (nSPS) is 21.4. The minimum Gasteiger partial charge on any atom is -0.381 e. The maximum absolute atomic E-state index is 5.48. The highest BCUT2D eigenvalue weighted by molar-refractivity contribution is 9.09. The van der Waals surface area contributed by atoms with Gasteiger partial charge in [-0.2, -0.15) is 0 Å². The maximum atomic E-state index is 5.48.